The fourth-order valence-corrected chi connectivity index (χ4v) is 5.82. The maximum Gasteiger partial charge on any atom is 0.419 e. The van der Waals surface area contributed by atoms with Gasteiger partial charge in [0, 0.05) is 17.3 Å². The van der Waals surface area contributed by atoms with Crippen LogP contribution in [0.1, 0.15) is 52.7 Å². The van der Waals surface area contributed by atoms with Gasteiger partial charge in [-0.1, -0.05) is 46.8 Å². The van der Waals surface area contributed by atoms with E-state index in [2.05, 4.69) is 42.3 Å². The van der Waals surface area contributed by atoms with E-state index in [1.54, 1.807) is 24.3 Å². The number of amides is 3. The monoisotopic (exact) mass is 636 g/mol. The number of carbonyl (C=O) groups is 2. The molecule has 0 fully saturated rings. The average molecular weight is 637 g/mol. The van der Waals surface area contributed by atoms with Crippen LogP contribution in [0.25, 0.3) is 15.8 Å². The van der Waals surface area contributed by atoms with Crippen LogP contribution >= 0.6 is 11.3 Å². The molecule has 5 aromatic rings. The Morgan fingerprint density at radius 2 is 1.78 bits per heavy atom. The third kappa shape index (κ3) is 6.82. The molecular formula is C30H24F4N8O2S. The predicted molar refractivity (Wildman–Crippen MR) is 161 cm³/mol. The Balaban J connectivity index is 1.26. The van der Waals surface area contributed by atoms with E-state index >= 15 is 0 Å². The number of urea groups is 1. The Bertz CT molecular complexity index is 1870. The summed E-state index contributed by atoms with van der Waals surface area (Å²) < 4.78 is 53.9. The Hall–Kier alpha value is -5.18. The minimum absolute atomic E-state index is 0.00727. The highest BCUT2D eigenvalue weighted by atomic mass is 32.1. The number of carbonyl (C=O) groups excluding carboxylic acids is 2. The number of benzene rings is 3. The molecule has 15 heteroatoms. The topological polar surface area (TPSA) is 129 Å². The third-order valence-electron chi connectivity index (χ3n) is 7.21. The number of nitrogens with zero attached hydrogens (tertiary/aromatic N) is 5. The zero-order valence-electron chi connectivity index (χ0n) is 23.4. The molecule has 0 radical (unpaired) electrons. The number of hydrogen-bond donors (Lipinski definition) is 3. The molecule has 2 aromatic heterocycles. The zero-order valence-corrected chi connectivity index (χ0v) is 24.2. The van der Waals surface area contributed by atoms with Crippen LogP contribution in [0.15, 0.2) is 66.7 Å². The fourth-order valence-electron chi connectivity index (χ4n) is 4.95. The van der Waals surface area contributed by atoms with Gasteiger partial charge in [-0.25, -0.2) is 14.2 Å². The Kier molecular flexibility index (Phi) is 8.26. The minimum atomic E-state index is -4.87. The van der Waals surface area contributed by atoms with Gasteiger partial charge in [-0.15, -0.1) is 5.10 Å². The van der Waals surface area contributed by atoms with Crippen molar-refractivity contribution in [2.24, 2.45) is 0 Å². The number of H-pyrrole nitrogens is 1. The van der Waals surface area contributed by atoms with Crippen LogP contribution in [0.4, 0.5) is 39.1 Å². The standard InChI is InChI=1S/C30H24F4N8O2S/c31-23-15-24-25(14-22(23)30(32,33)34)45-28(35-24)37-29(44)42(21-12-10-19(11-13-21)18-4-2-1-3-5-18)16-17-6-8-20(9-7-17)26(43)36-27-38-40-41-39-27/h4,6-15H,1-3,5,16H2,(H,35,37,44)(H2,36,38,39,40,41,43). The normalized spacial score (nSPS) is 13.4. The van der Waals surface area contributed by atoms with Crippen molar-refractivity contribution in [1.29, 1.82) is 0 Å². The van der Waals surface area contributed by atoms with E-state index in [9.17, 15) is 27.2 Å². The summed E-state index contributed by atoms with van der Waals surface area (Å²) in [6.45, 7) is 0.0817. The number of nitrogens with one attached hydrogen (secondary N) is 3. The van der Waals surface area contributed by atoms with Crippen molar-refractivity contribution in [3.8, 4) is 0 Å². The van der Waals surface area contributed by atoms with Crippen LogP contribution in [0.3, 0.4) is 0 Å². The Labute approximate surface area is 257 Å². The molecule has 6 rings (SSSR count). The largest absolute Gasteiger partial charge is 0.419 e. The molecule has 1 aliphatic rings. The highest BCUT2D eigenvalue weighted by Crippen LogP contribution is 2.37. The number of hydrogen-bond acceptors (Lipinski definition) is 7. The van der Waals surface area contributed by atoms with Gasteiger partial charge in [-0.05, 0) is 77.9 Å². The van der Waals surface area contributed by atoms with Crippen LogP contribution in [-0.2, 0) is 12.7 Å². The van der Waals surface area contributed by atoms with Crippen molar-refractivity contribution in [1.82, 2.24) is 25.6 Å². The van der Waals surface area contributed by atoms with Crippen molar-refractivity contribution >= 4 is 55.8 Å². The fraction of sp³-hybridized carbons (Fsp3) is 0.200. The second-order valence-electron chi connectivity index (χ2n) is 10.2. The van der Waals surface area contributed by atoms with E-state index < -0.39 is 29.5 Å². The second-order valence-corrected chi connectivity index (χ2v) is 11.3. The van der Waals surface area contributed by atoms with Crippen molar-refractivity contribution in [3.63, 3.8) is 0 Å². The lowest BCUT2D eigenvalue weighted by molar-refractivity contribution is -0.139. The molecule has 3 amide bonds. The average Bonchev–Trinajstić information content (AvgIpc) is 3.69. The molecule has 10 nitrogen and oxygen atoms in total. The molecule has 45 heavy (non-hydrogen) atoms. The van der Waals surface area contributed by atoms with Crippen LogP contribution in [0.5, 0.6) is 0 Å². The predicted octanol–water partition coefficient (Wildman–Crippen LogP) is 7.42. The summed E-state index contributed by atoms with van der Waals surface area (Å²) in [6.07, 6.45) is 1.62. The zero-order chi connectivity index (χ0) is 31.6. The molecule has 2 heterocycles. The number of rotatable bonds is 7. The van der Waals surface area contributed by atoms with Crippen LogP contribution in [-0.4, -0.2) is 37.5 Å². The number of fused-ring (bicyclic) bond motifs is 1. The van der Waals surface area contributed by atoms with Gasteiger partial charge in [0.2, 0.25) is 0 Å². The Morgan fingerprint density at radius 1 is 1.00 bits per heavy atom. The van der Waals surface area contributed by atoms with Gasteiger partial charge in [0.15, 0.2) is 5.13 Å². The second kappa shape index (κ2) is 12.4. The summed E-state index contributed by atoms with van der Waals surface area (Å²) in [6, 6.07) is 14.9. The molecule has 1 aliphatic carbocycles. The number of thiazole rings is 1. The van der Waals surface area contributed by atoms with E-state index in [0.717, 1.165) is 42.6 Å². The van der Waals surface area contributed by atoms with Gasteiger partial charge in [0.1, 0.15) is 5.82 Å². The molecule has 0 saturated carbocycles. The number of aromatic amines is 1. The van der Waals surface area contributed by atoms with E-state index in [4.69, 9.17) is 0 Å². The molecule has 3 aromatic carbocycles. The maximum atomic E-state index is 14.1. The quantitative estimate of drug-likeness (QED) is 0.160. The molecule has 0 atom stereocenters. The number of tetrazole rings is 1. The number of alkyl halides is 3. The molecule has 0 bridgehead atoms. The van der Waals surface area contributed by atoms with Gasteiger partial charge in [0.05, 0.1) is 22.3 Å². The van der Waals surface area contributed by atoms with Crippen molar-refractivity contribution in [2.45, 2.75) is 38.4 Å². The van der Waals surface area contributed by atoms with E-state index in [1.165, 1.54) is 10.5 Å². The first-order chi connectivity index (χ1) is 21.6. The van der Waals surface area contributed by atoms with E-state index in [0.29, 0.717) is 28.9 Å². The lowest BCUT2D eigenvalue weighted by Gasteiger charge is -2.23. The van der Waals surface area contributed by atoms with Gasteiger partial charge < -0.3 is 0 Å². The summed E-state index contributed by atoms with van der Waals surface area (Å²) >= 11 is 0.806. The third-order valence-corrected chi connectivity index (χ3v) is 8.14. The lowest BCUT2D eigenvalue weighted by Crippen LogP contribution is -2.34. The summed E-state index contributed by atoms with van der Waals surface area (Å²) in [7, 11) is 0. The summed E-state index contributed by atoms with van der Waals surface area (Å²) in [5, 5.41) is 18.2. The van der Waals surface area contributed by atoms with Crippen molar-refractivity contribution in [2.75, 3.05) is 15.5 Å². The van der Waals surface area contributed by atoms with E-state index in [-0.39, 0.29) is 27.8 Å². The van der Waals surface area contributed by atoms with E-state index in [1.807, 2.05) is 24.3 Å². The first-order valence-corrected chi connectivity index (χ1v) is 14.6. The number of anilines is 3. The highest BCUT2D eigenvalue weighted by molar-refractivity contribution is 7.22. The molecular weight excluding hydrogens is 612 g/mol. The SMILES string of the molecule is O=C(Nc1nn[nH]n1)c1ccc(CN(C(=O)Nc2nc3cc(F)c(C(F)(F)F)cc3s2)c2ccc(C3=CCCCC3)cc2)cc1. The summed E-state index contributed by atoms with van der Waals surface area (Å²) in [5.41, 5.74) is 2.46. The maximum absolute atomic E-state index is 14.1. The lowest BCUT2D eigenvalue weighted by atomic mass is 9.93. The van der Waals surface area contributed by atoms with Crippen molar-refractivity contribution in [3.05, 3.63) is 94.8 Å². The van der Waals surface area contributed by atoms with Crippen LogP contribution in [0.2, 0.25) is 0 Å². The highest BCUT2D eigenvalue weighted by Gasteiger charge is 2.35. The van der Waals surface area contributed by atoms with Crippen LogP contribution in [0, 0.1) is 5.82 Å². The van der Waals surface area contributed by atoms with Gasteiger partial charge >= 0.3 is 12.2 Å². The first kappa shape index (κ1) is 29.9. The number of allylic oxidation sites excluding steroid dienone is 2. The van der Waals surface area contributed by atoms with Crippen molar-refractivity contribution < 1.29 is 27.2 Å². The van der Waals surface area contributed by atoms with Crippen LogP contribution < -0.4 is 15.5 Å². The number of aromatic nitrogens is 5. The molecule has 0 unspecified atom stereocenters. The van der Waals surface area contributed by atoms with Gasteiger partial charge in [0.25, 0.3) is 11.9 Å². The molecule has 0 saturated heterocycles. The molecule has 0 aliphatic heterocycles. The first-order valence-electron chi connectivity index (χ1n) is 13.8. The smallest absolute Gasteiger partial charge is 0.290 e. The molecule has 0 spiro atoms. The minimum Gasteiger partial charge on any atom is -0.290 e. The summed E-state index contributed by atoms with van der Waals surface area (Å²) in [5.74, 6) is -1.87. The van der Waals surface area contributed by atoms with Gasteiger partial charge in [-0.2, -0.15) is 18.4 Å². The Morgan fingerprint density at radius 3 is 2.44 bits per heavy atom. The summed E-state index contributed by atoms with van der Waals surface area (Å²) in [4.78, 5) is 31.8. The molecule has 3 N–H and O–H groups in total. The molecule has 230 valence electrons. The number of halogens is 4. The van der Waals surface area contributed by atoms with Gasteiger partial charge in [-0.3, -0.25) is 20.3 Å².